The summed E-state index contributed by atoms with van der Waals surface area (Å²) in [5.41, 5.74) is 0.411. The van der Waals surface area contributed by atoms with Gasteiger partial charge in [-0.1, -0.05) is 23.7 Å². The Hall–Kier alpha value is -2.62. The Balaban J connectivity index is 1.50. The number of halogens is 3. The standard InChI is InChI=1S/C20H13ClF2N2O3S2/c21-12-8-14(23)13(22)7-11(12)20(27)28-10-19(26)25-16(18-4-2-6-30-18)9-15(24-25)17-3-1-5-29-17/h1-8,16H,9-10H2. The van der Waals surface area contributed by atoms with Crippen LogP contribution in [0, 0.1) is 11.6 Å². The molecule has 3 heterocycles. The molecule has 30 heavy (non-hydrogen) atoms. The lowest BCUT2D eigenvalue weighted by molar-refractivity contribution is -0.136. The topological polar surface area (TPSA) is 59.0 Å². The quantitative estimate of drug-likeness (QED) is 0.380. The second-order valence-electron chi connectivity index (χ2n) is 6.32. The lowest BCUT2D eigenvalue weighted by Crippen LogP contribution is -2.31. The van der Waals surface area contributed by atoms with Gasteiger partial charge in [-0.2, -0.15) is 5.10 Å². The zero-order valence-corrected chi connectivity index (χ0v) is 17.6. The van der Waals surface area contributed by atoms with E-state index in [0.29, 0.717) is 18.6 Å². The van der Waals surface area contributed by atoms with Crippen LogP contribution in [0.4, 0.5) is 8.78 Å². The Labute approximate surface area is 183 Å². The molecule has 1 aliphatic heterocycles. The van der Waals surface area contributed by atoms with Crippen molar-refractivity contribution in [3.8, 4) is 0 Å². The molecular weight excluding hydrogens is 454 g/mol. The van der Waals surface area contributed by atoms with Crippen molar-refractivity contribution in [2.24, 2.45) is 5.10 Å². The fraction of sp³-hybridized carbons (Fsp3) is 0.150. The summed E-state index contributed by atoms with van der Waals surface area (Å²) in [5, 5.41) is 9.29. The molecular formula is C20H13ClF2N2O3S2. The summed E-state index contributed by atoms with van der Waals surface area (Å²) in [6, 6.07) is 8.64. The second kappa shape index (κ2) is 8.63. The maximum atomic E-state index is 13.4. The van der Waals surface area contributed by atoms with E-state index in [1.807, 2.05) is 35.0 Å². The number of hydrogen-bond acceptors (Lipinski definition) is 6. The highest BCUT2D eigenvalue weighted by molar-refractivity contribution is 7.12. The minimum absolute atomic E-state index is 0.304. The molecule has 0 saturated heterocycles. The van der Waals surface area contributed by atoms with Gasteiger partial charge in [-0.3, -0.25) is 4.79 Å². The molecule has 0 aliphatic carbocycles. The van der Waals surface area contributed by atoms with E-state index in [1.165, 1.54) is 27.7 Å². The highest BCUT2D eigenvalue weighted by atomic mass is 35.5. The van der Waals surface area contributed by atoms with Crippen molar-refractivity contribution in [3.05, 3.63) is 79.1 Å². The van der Waals surface area contributed by atoms with E-state index in [2.05, 4.69) is 5.10 Å². The molecule has 0 saturated carbocycles. The molecule has 2 aromatic heterocycles. The number of carbonyl (C=O) groups excluding carboxylic acids is 2. The lowest BCUT2D eigenvalue weighted by atomic mass is 10.1. The van der Waals surface area contributed by atoms with Crippen molar-refractivity contribution < 1.29 is 23.1 Å². The maximum absolute atomic E-state index is 13.4. The van der Waals surface area contributed by atoms with Crippen LogP contribution < -0.4 is 0 Å². The summed E-state index contributed by atoms with van der Waals surface area (Å²) < 4.78 is 31.6. The van der Waals surface area contributed by atoms with E-state index < -0.39 is 30.1 Å². The van der Waals surface area contributed by atoms with Crippen LogP contribution in [0.3, 0.4) is 0 Å². The summed E-state index contributed by atoms with van der Waals surface area (Å²) in [7, 11) is 0. The van der Waals surface area contributed by atoms with E-state index in [-0.39, 0.29) is 16.6 Å². The number of rotatable bonds is 5. The van der Waals surface area contributed by atoms with Crippen LogP contribution in [0.1, 0.15) is 32.6 Å². The zero-order chi connectivity index (χ0) is 21.3. The number of esters is 1. The van der Waals surface area contributed by atoms with Crippen molar-refractivity contribution in [1.29, 1.82) is 0 Å². The number of carbonyl (C=O) groups is 2. The smallest absolute Gasteiger partial charge is 0.340 e. The molecule has 0 radical (unpaired) electrons. The van der Waals surface area contributed by atoms with E-state index in [9.17, 15) is 18.4 Å². The molecule has 1 amide bonds. The molecule has 0 N–H and O–H groups in total. The molecule has 1 aliphatic rings. The Bertz CT molecular complexity index is 1120. The van der Waals surface area contributed by atoms with Gasteiger partial charge in [0.2, 0.25) is 0 Å². The Morgan fingerprint density at radius 1 is 1.17 bits per heavy atom. The fourth-order valence-corrected chi connectivity index (χ4v) is 4.74. The summed E-state index contributed by atoms with van der Waals surface area (Å²) in [6.45, 7) is -0.614. The first-order valence-electron chi connectivity index (χ1n) is 8.72. The van der Waals surface area contributed by atoms with Crippen molar-refractivity contribution in [1.82, 2.24) is 5.01 Å². The molecule has 0 bridgehead atoms. The van der Waals surface area contributed by atoms with Crippen LogP contribution >= 0.6 is 34.3 Å². The predicted octanol–water partition coefficient (Wildman–Crippen LogP) is 5.28. The molecule has 0 spiro atoms. The first-order chi connectivity index (χ1) is 14.4. The third-order valence-corrected chi connectivity index (χ3v) is 6.60. The largest absolute Gasteiger partial charge is 0.452 e. The lowest BCUT2D eigenvalue weighted by Gasteiger charge is -2.20. The van der Waals surface area contributed by atoms with Gasteiger partial charge in [0.05, 0.1) is 27.2 Å². The van der Waals surface area contributed by atoms with Gasteiger partial charge in [0, 0.05) is 11.3 Å². The van der Waals surface area contributed by atoms with Crippen LogP contribution in [0.5, 0.6) is 0 Å². The Kier molecular flexibility index (Phi) is 5.94. The zero-order valence-electron chi connectivity index (χ0n) is 15.2. The van der Waals surface area contributed by atoms with E-state index >= 15 is 0 Å². The van der Waals surface area contributed by atoms with Gasteiger partial charge in [0.15, 0.2) is 18.2 Å². The number of hydrazone groups is 1. The molecule has 0 fully saturated rings. The summed E-state index contributed by atoms with van der Waals surface area (Å²) in [5.74, 6) is -3.98. The van der Waals surface area contributed by atoms with E-state index in [0.717, 1.165) is 15.5 Å². The third kappa shape index (κ3) is 4.14. The van der Waals surface area contributed by atoms with Crippen LogP contribution in [0.25, 0.3) is 0 Å². The fourth-order valence-electron chi connectivity index (χ4n) is 2.98. The third-order valence-electron chi connectivity index (χ3n) is 4.40. The molecule has 10 heteroatoms. The van der Waals surface area contributed by atoms with E-state index in [1.54, 1.807) is 0 Å². The first kappa shape index (κ1) is 20.6. The van der Waals surface area contributed by atoms with Gasteiger partial charge in [-0.15, -0.1) is 22.7 Å². The molecule has 5 nitrogen and oxygen atoms in total. The van der Waals surface area contributed by atoms with Crippen LogP contribution in [-0.4, -0.2) is 29.2 Å². The van der Waals surface area contributed by atoms with Gasteiger partial charge in [-0.25, -0.2) is 18.6 Å². The van der Waals surface area contributed by atoms with Crippen LogP contribution in [-0.2, 0) is 9.53 Å². The van der Waals surface area contributed by atoms with Crippen molar-refractivity contribution >= 4 is 51.9 Å². The van der Waals surface area contributed by atoms with Gasteiger partial charge >= 0.3 is 5.97 Å². The minimum Gasteiger partial charge on any atom is -0.452 e. The minimum atomic E-state index is -1.24. The van der Waals surface area contributed by atoms with Crippen LogP contribution in [0.15, 0.2) is 52.3 Å². The molecule has 154 valence electrons. The number of nitrogens with zero attached hydrogens (tertiary/aromatic N) is 2. The first-order valence-corrected chi connectivity index (χ1v) is 10.9. The van der Waals surface area contributed by atoms with Crippen LogP contribution in [0.2, 0.25) is 5.02 Å². The average Bonchev–Trinajstić information content (AvgIpc) is 3.48. The SMILES string of the molecule is O=C(OCC(=O)N1N=C(c2cccs2)CC1c1cccs1)c1cc(F)c(F)cc1Cl. The highest BCUT2D eigenvalue weighted by Gasteiger charge is 2.34. The second-order valence-corrected chi connectivity index (χ2v) is 8.65. The van der Waals surface area contributed by atoms with Gasteiger partial charge in [0.25, 0.3) is 5.91 Å². The summed E-state index contributed by atoms with van der Waals surface area (Å²) >= 11 is 8.81. The molecule has 1 unspecified atom stereocenters. The number of benzene rings is 1. The van der Waals surface area contributed by atoms with Gasteiger partial charge in [-0.05, 0) is 35.0 Å². The predicted molar refractivity (Wildman–Crippen MR) is 111 cm³/mol. The molecule has 1 aromatic carbocycles. The summed E-state index contributed by atoms with van der Waals surface area (Å²) in [6.07, 6.45) is 0.537. The van der Waals surface area contributed by atoms with Gasteiger partial charge < -0.3 is 4.74 Å². The highest BCUT2D eigenvalue weighted by Crippen LogP contribution is 2.36. The Morgan fingerprint density at radius 3 is 2.60 bits per heavy atom. The van der Waals surface area contributed by atoms with E-state index in [4.69, 9.17) is 16.3 Å². The number of ether oxygens (including phenoxy) is 1. The molecule has 4 rings (SSSR count). The number of thiophene rings is 2. The van der Waals surface area contributed by atoms with Crippen molar-refractivity contribution in [2.45, 2.75) is 12.5 Å². The van der Waals surface area contributed by atoms with Crippen molar-refractivity contribution in [3.63, 3.8) is 0 Å². The van der Waals surface area contributed by atoms with Crippen molar-refractivity contribution in [2.75, 3.05) is 6.61 Å². The number of hydrogen-bond donors (Lipinski definition) is 0. The normalized spacial score (nSPS) is 15.9. The maximum Gasteiger partial charge on any atom is 0.340 e. The summed E-state index contributed by atoms with van der Waals surface area (Å²) in [4.78, 5) is 26.9. The number of amides is 1. The average molecular weight is 467 g/mol. The Morgan fingerprint density at radius 2 is 1.90 bits per heavy atom. The monoisotopic (exact) mass is 466 g/mol. The molecule has 1 atom stereocenters. The van der Waals surface area contributed by atoms with Gasteiger partial charge in [0.1, 0.15) is 0 Å². The molecule has 3 aromatic rings.